The first-order valence-corrected chi connectivity index (χ1v) is 9.88. The Morgan fingerprint density at radius 2 is 1.88 bits per heavy atom. The van der Waals surface area contributed by atoms with Gasteiger partial charge in [0.15, 0.2) is 11.6 Å². The van der Waals surface area contributed by atoms with Crippen molar-refractivity contribution in [2.45, 2.75) is 77.1 Å². The quantitative estimate of drug-likeness (QED) is 0.661. The second-order valence-electron chi connectivity index (χ2n) is 9.68. The number of hydrogen-bond donors (Lipinski definition) is 3. The molecular formula is C21H30O5. The van der Waals surface area contributed by atoms with E-state index < -0.39 is 23.2 Å². The molecule has 0 spiro atoms. The molecule has 3 saturated carbocycles. The summed E-state index contributed by atoms with van der Waals surface area (Å²) >= 11 is 0. The Labute approximate surface area is 154 Å². The Morgan fingerprint density at radius 3 is 2.54 bits per heavy atom. The number of carbonyl (C=O) groups is 2. The molecule has 3 N–H and O–H groups in total. The normalized spacial score (nSPS) is 53.4. The van der Waals surface area contributed by atoms with E-state index in [0.717, 1.165) is 18.4 Å². The van der Waals surface area contributed by atoms with Gasteiger partial charge in [0.05, 0.1) is 12.2 Å². The molecule has 4 aliphatic carbocycles. The van der Waals surface area contributed by atoms with Crippen LogP contribution in [0.2, 0.25) is 0 Å². The van der Waals surface area contributed by atoms with Gasteiger partial charge < -0.3 is 15.3 Å². The monoisotopic (exact) mass is 362 g/mol. The van der Waals surface area contributed by atoms with Crippen molar-refractivity contribution < 1.29 is 24.9 Å². The van der Waals surface area contributed by atoms with Gasteiger partial charge in [0.2, 0.25) is 0 Å². The maximum Gasteiger partial charge on any atom is 0.161 e. The van der Waals surface area contributed by atoms with Crippen molar-refractivity contribution in [2.75, 3.05) is 0 Å². The molecule has 4 aliphatic rings. The van der Waals surface area contributed by atoms with E-state index in [9.17, 15) is 24.9 Å². The molecule has 0 aromatic carbocycles. The highest BCUT2D eigenvalue weighted by Crippen LogP contribution is 2.67. The van der Waals surface area contributed by atoms with Crippen LogP contribution >= 0.6 is 0 Å². The van der Waals surface area contributed by atoms with Gasteiger partial charge in [-0.3, -0.25) is 9.59 Å². The third-order valence-corrected chi connectivity index (χ3v) is 8.69. The van der Waals surface area contributed by atoms with Crippen molar-refractivity contribution in [2.24, 2.45) is 28.6 Å². The highest BCUT2D eigenvalue weighted by Gasteiger charge is 2.69. The van der Waals surface area contributed by atoms with E-state index in [1.165, 1.54) is 6.92 Å². The van der Waals surface area contributed by atoms with Gasteiger partial charge in [0.1, 0.15) is 5.60 Å². The molecular weight excluding hydrogens is 332 g/mol. The molecule has 0 heterocycles. The average Bonchev–Trinajstić information content (AvgIpc) is 2.77. The summed E-state index contributed by atoms with van der Waals surface area (Å²) < 4.78 is 0. The van der Waals surface area contributed by atoms with Gasteiger partial charge in [0, 0.05) is 18.3 Å². The molecule has 0 amide bonds. The summed E-state index contributed by atoms with van der Waals surface area (Å²) in [4.78, 5) is 24.2. The van der Waals surface area contributed by atoms with E-state index in [-0.39, 0.29) is 41.2 Å². The lowest BCUT2D eigenvalue weighted by Gasteiger charge is -2.60. The first-order chi connectivity index (χ1) is 12.0. The van der Waals surface area contributed by atoms with Crippen LogP contribution in [0.3, 0.4) is 0 Å². The highest BCUT2D eigenvalue weighted by atomic mass is 16.3. The minimum Gasteiger partial charge on any atom is -0.393 e. The maximum atomic E-state index is 12.3. The molecule has 0 aromatic heterocycles. The summed E-state index contributed by atoms with van der Waals surface area (Å²) in [6.07, 6.45) is 3.53. The number of fused-ring (bicyclic) bond motifs is 5. The Balaban J connectivity index is 1.78. The van der Waals surface area contributed by atoms with Crippen molar-refractivity contribution in [3.63, 3.8) is 0 Å². The van der Waals surface area contributed by atoms with E-state index in [0.29, 0.717) is 19.3 Å². The van der Waals surface area contributed by atoms with Gasteiger partial charge in [-0.15, -0.1) is 0 Å². The topological polar surface area (TPSA) is 94.8 Å². The fraction of sp³-hybridized carbons (Fsp3) is 0.810. The molecule has 4 rings (SSSR count). The zero-order chi connectivity index (χ0) is 19.1. The Kier molecular flexibility index (Phi) is 3.87. The molecule has 0 bridgehead atoms. The third kappa shape index (κ3) is 2.08. The molecule has 3 fully saturated rings. The largest absolute Gasteiger partial charge is 0.393 e. The predicted molar refractivity (Wildman–Crippen MR) is 95.1 cm³/mol. The average molecular weight is 362 g/mol. The number of hydrogen-bond acceptors (Lipinski definition) is 5. The Morgan fingerprint density at radius 1 is 1.19 bits per heavy atom. The lowest BCUT2D eigenvalue weighted by atomic mass is 9.45. The van der Waals surface area contributed by atoms with E-state index in [2.05, 4.69) is 6.92 Å². The number of aliphatic hydroxyl groups excluding tert-OH is 2. The minimum atomic E-state index is -1.53. The fourth-order valence-corrected chi connectivity index (χ4v) is 7.16. The van der Waals surface area contributed by atoms with Crippen LogP contribution < -0.4 is 0 Å². The van der Waals surface area contributed by atoms with Crippen LogP contribution in [0.15, 0.2) is 11.6 Å². The maximum absolute atomic E-state index is 12.3. The van der Waals surface area contributed by atoms with Crippen molar-refractivity contribution in [1.82, 2.24) is 0 Å². The molecule has 0 saturated heterocycles. The fourth-order valence-electron chi connectivity index (χ4n) is 7.16. The minimum absolute atomic E-state index is 0.0529. The summed E-state index contributed by atoms with van der Waals surface area (Å²) in [7, 11) is 0. The number of Topliss-reactive ketones (excluding diaryl/α,β-unsaturated/α-hetero) is 1. The molecule has 8 atom stereocenters. The zero-order valence-corrected chi connectivity index (χ0v) is 15.9. The smallest absolute Gasteiger partial charge is 0.161 e. The Hall–Kier alpha value is -1.04. The first kappa shape index (κ1) is 18.3. The zero-order valence-electron chi connectivity index (χ0n) is 15.9. The van der Waals surface area contributed by atoms with E-state index in [1.807, 2.05) is 6.92 Å². The molecule has 0 aliphatic heterocycles. The number of aliphatic hydroxyl groups is 3. The van der Waals surface area contributed by atoms with Gasteiger partial charge in [-0.25, -0.2) is 0 Å². The van der Waals surface area contributed by atoms with Crippen LogP contribution in [0.4, 0.5) is 0 Å². The van der Waals surface area contributed by atoms with E-state index >= 15 is 0 Å². The predicted octanol–water partition coefficient (Wildman–Crippen LogP) is 1.78. The highest BCUT2D eigenvalue weighted by molar-refractivity contribution is 5.91. The summed E-state index contributed by atoms with van der Waals surface area (Å²) in [6.45, 7) is 5.50. The third-order valence-electron chi connectivity index (χ3n) is 8.69. The van der Waals surface area contributed by atoms with Crippen molar-refractivity contribution in [3.05, 3.63) is 11.6 Å². The first-order valence-electron chi connectivity index (χ1n) is 9.88. The molecule has 0 aromatic rings. The lowest BCUT2D eigenvalue weighted by molar-refractivity contribution is -0.172. The van der Waals surface area contributed by atoms with Crippen LogP contribution in [0.25, 0.3) is 0 Å². The standard InChI is InChI=1S/C21H30O5/c1-11(22)21(26)10-16(25)18-17-14(5-7-20(18,21)3)19(2)6-4-13(23)8-12(19)9-15(17)24/h8,14-18,24-26H,4-7,9-10H2,1-3H3/t14-,15-,16+,17-,18-,19-,20-,21-/m0/s1. The van der Waals surface area contributed by atoms with Crippen LogP contribution in [0.5, 0.6) is 0 Å². The van der Waals surface area contributed by atoms with Crippen LogP contribution in [0, 0.1) is 28.6 Å². The molecule has 0 radical (unpaired) electrons. The second kappa shape index (κ2) is 5.49. The molecule has 0 unspecified atom stereocenters. The van der Waals surface area contributed by atoms with Gasteiger partial charge in [-0.2, -0.15) is 0 Å². The van der Waals surface area contributed by atoms with Crippen LogP contribution in [-0.4, -0.2) is 44.7 Å². The number of rotatable bonds is 1. The molecule has 144 valence electrons. The molecule has 26 heavy (non-hydrogen) atoms. The number of ketones is 2. The van der Waals surface area contributed by atoms with Gasteiger partial charge in [-0.1, -0.05) is 19.4 Å². The lowest BCUT2D eigenvalue weighted by Crippen LogP contribution is -2.60. The summed E-state index contributed by atoms with van der Waals surface area (Å²) in [5.41, 5.74) is -1.35. The molecule has 5 nitrogen and oxygen atoms in total. The summed E-state index contributed by atoms with van der Waals surface area (Å²) in [6, 6.07) is 0. The van der Waals surface area contributed by atoms with Gasteiger partial charge >= 0.3 is 0 Å². The van der Waals surface area contributed by atoms with Crippen LogP contribution in [-0.2, 0) is 9.59 Å². The Bertz CT molecular complexity index is 699. The SMILES string of the molecule is CC(=O)[C@@]1(O)C[C@@H](O)[C@H]2[C@@H]3[C@@H](O)CC4=CC(=O)CC[C@]4(C)[C@H]3CC[C@@]21C. The van der Waals surface area contributed by atoms with Crippen molar-refractivity contribution in [3.8, 4) is 0 Å². The van der Waals surface area contributed by atoms with Crippen molar-refractivity contribution >= 4 is 11.6 Å². The second-order valence-corrected chi connectivity index (χ2v) is 9.68. The summed E-state index contributed by atoms with van der Waals surface area (Å²) in [5.74, 6) is -0.461. The summed E-state index contributed by atoms with van der Waals surface area (Å²) in [5, 5.41) is 33.0. The van der Waals surface area contributed by atoms with Crippen LogP contribution in [0.1, 0.15) is 59.3 Å². The van der Waals surface area contributed by atoms with E-state index in [1.54, 1.807) is 6.08 Å². The van der Waals surface area contributed by atoms with Gasteiger partial charge in [0.25, 0.3) is 0 Å². The van der Waals surface area contributed by atoms with Crippen molar-refractivity contribution in [1.29, 1.82) is 0 Å². The van der Waals surface area contributed by atoms with Gasteiger partial charge in [-0.05, 0) is 61.9 Å². The number of carbonyl (C=O) groups excluding carboxylic acids is 2. The molecule has 5 heteroatoms. The van der Waals surface area contributed by atoms with E-state index in [4.69, 9.17) is 0 Å².